The van der Waals surface area contributed by atoms with Gasteiger partial charge in [-0.15, -0.1) is 21.5 Å². The molecular formula is C22H19FN4OS2. The van der Waals surface area contributed by atoms with E-state index in [1.807, 2.05) is 52.4 Å². The number of carbonyl (C=O) groups excluding carboxylic acids is 1. The van der Waals surface area contributed by atoms with Crippen molar-refractivity contribution in [2.45, 2.75) is 23.9 Å². The second kappa shape index (κ2) is 9.23. The molecule has 8 heteroatoms. The van der Waals surface area contributed by atoms with Crippen LogP contribution in [0.1, 0.15) is 12.5 Å². The number of nitrogens with one attached hydrogen (secondary N) is 1. The Morgan fingerprint density at radius 2 is 1.87 bits per heavy atom. The highest BCUT2D eigenvalue weighted by molar-refractivity contribution is 8.00. The van der Waals surface area contributed by atoms with Crippen LogP contribution in [-0.4, -0.2) is 25.9 Å². The molecule has 0 aliphatic rings. The third-order valence-electron chi connectivity index (χ3n) is 4.43. The average Bonchev–Trinajstić information content (AvgIpc) is 3.41. The van der Waals surface area contributed by atoms with Gasteiger partial charge in [-0.3, -0.25) is 9.36 Å². The van der Waals surface area contributed by atoms with Crippen molar-refractivity contribution in [1.29, 1.82) is 0 Å². The van der Waals surface area contributed by atoms with E-state index in [4.69, 9.17) is 0 Å². The number of carbonyl (C=O) groups is 1. The molecule has 1 amide bonds. The number of amides is 1. The molecule has 1 unspecified atom stereocenters. The van der Waals surface area contributed by atoms with Crippen LogP contribution in [-0.2, 0) is 11.3 Å². The normalized spacial score (nSPS) is 11.9. The van der Waals surface area contributed by atoms with Crippen molar-refractivity contribution in [2.24, 2.45) is 0 Å². The van der Waals surface area contributed by atoms with E-state index in [1.165, 1.54) is 23.9 Å². The van der Waals surface area contributed by atoms with E-state index in [0.717, 1.165) is 16.3 Å². The molecule has 2 aromatic heterocycles. The molecular weight excluding hydrogens is 419 g/mol. The van der Waals surface area contributed by atoms with E-state index < -0.39 is 11.1 Å². The molecule has 2 aromatic carbocycles. The molecule has 0 bridgehead atoms. The number of benzene rings is 2. The van der Waals surface area contributed by atoms with E-state index in [-0.39, 0.29) is 11.6 Å². The van der Waals surface area contributed by atoms with Gasteiger partial charge in [0.05, 0.1) is 22.4 Å². The predicted octanol–water partition coefficient (Wildman–Crippen LogP) is 5.31. The van der Waals surface area contributed by atoms with Gasteiger partial charge in [0.25, 0.3) is 0 Å². The van der Waals surface area contributed by atoms with Crippen molar-refractivity contribution in [3.63, 3.8) is 0 Å². The van der Waals surface area contributed by atoms with Crippen LogP contribution in [0, 0.1) is 5.82 Å². The Morgan fingerprint density at radius 1 is 1.10 bits per heavy atom. The molecule has 0 fully saturated rings. The summed E-state index contributed by atoms with van der Waals surface area (Å²) in [6.45, 7) is 2.36. The number of anilines is 1. The van der Waals surface area contributed by atoms with Gasteiger partial charge in [-0.1, -0.05) is 60.3 Å². The Bertz CT molecular complexity index is 1130. The smallest absolute Gasteiger partial charge is 0.237 e. The van der Waals surface area contributed by atoms with Crippen molar-refractivity contribution in [3.05, 3.63) is 83.5 Å². The van der Waals surface area contributed by atoms with Gasteiger partial charge in [0, 0.05) is 0 Å². The molecule has 0 aliphatic heterocycles. The summed E-state index contributed by atoms with van der Waals surface area (Å²) in [6.07, 6.45) is 0. The Morgan fingerprint density at radius 3 is 2.60 bits per heavy atom. The Balaban J connectivity index is 1.57. The summed E-state index contributed by atoms with van der Waals surface area (Å²) in [4.78, 5) is 13.6. The fourth-order valence-corrected chi connectivity index (χ4v) is 4.45. The molecule has 0 saturated carbocycles. The Hall–Kier alpha value is -2.97. The Kier molecular flexibility index (Phi) is 6.25. The molecule has 0 saturated heterocycles. The Labute approximate surface area is 182 Å². The lowest BCUT2D eigenvalue weighted by molar-refractivity contribution is -0.115. The minimum Gasteiger partial charge on any atom is -0.323 e. The van der Waals surface area contributed by atoms with Crippen molar-refractivity contribution >= 4 is 34.7 Å². The zero-order chi connectivity index (χ0) is 20.9. The topological polar surface area (TPSA) is 59.8 Å². The van der Waals surface area contributed by atoms with Crippen LogP contribution in [0.2, 0.25) is 0 Å². The van der Waals surface area contributed by atoms with E-state index >= 15 is 0 Å². The van der Waals surface area contributed by atoms with Crippen LogP contribution in [0.25, 0.3) is 10.7 Å². The highest BCUT2D eigenvalue weighted by atomic mass is 32.2. The third-order valence-corrected chi connectivity index (χ3v) is 6.37. The standard InChI is InChI=1S/C22H19FN4OS2/c1-15(21(28)24-18-11-6-5-10-17(18)23)30-22-26-25-20(19-12-7-13-29-19)27(22)14-16-8-3-2-4-9-16/h2-13,15H,14H2,1H3,(H,24,28). The van der Waals surface area contributed by atoms with Crippen LogP contribution >= 0.6 is 23.1 Å². The van der Waals surface area contributed by atoms with E-state index in [2.05, 4.69) is 15.5 Å². The second-order valence-corrected chi connectivity index (χ2v) is 8.84. The van der Waals surface area contributed by atoms with Gasteiger partial charge in [0.15, 0.2) is 11.0 Å². The zero-order valence-corrected chi connectivity index (χ0v) is 17.8. The van der Waals surface area contributed by atoms with Gasteiger partial charge in [-0.05, 0) is 36.1 Å². The number of para-hydroxylation sites is 1. The third kappa shape index (κ3) is 4.60. The fraction of sp³-hybridized carbons (Fsp3) is 0.136. The van der Waals surface area contributed by atoms with E-state index in [0.29, 0.717) is 11.7 Å². The lowest BCUT2D eigenvalue weighted by Gasteiger charge is -2.14. The first kappa shape index (κ1) is 20.3. The summed E-state index contributed by atoms with van der Waals surface area (Å²) in [5.41, 5.74) is 1.28. The van der Waals surface area contributed by atoms with Crippen LogP contribution in [0.4, 0.5) is 10.1 Å². The molecule has 2 heterocycles. The molecule has 152 valence electrons. The maximum Gasteiger partial charge on any atom is 0.237 e. The van der Waals surface area contributed by atoms with Crippen LogP contribution < -0.4 is 5.32 Å². The number of thiophene rings is 1. The SMILES string of the molecule is CC(Sc1nnc(-c2cccs2)n1Cc1ccccc1)C(=O)Nc1ccccc1F. The maximum atomic E-state index is 13.9. The molecule has 4 aromatic rings. The summed E-state index contributed by atoms with van der Waals surface area (Å²) in [5.74, 6) is 0.00498. The number of nitrogens with zero attached hydrogens (tertiary/aromatic N) is 3. The number of hydrogen-bond donors (Lipinski definition) is 1. The van der Waals surface area contributed by atoms with Gasteiger partial charge in [0.2, 0.25) is 5.91 Å². The summed E-state index contributed by atoms with van der Waals surface area (Å²) in [6, 6.07) is 20.1. The predicted molar refractivity (Wildman–Crippen MR) is 119 cm³/mol. The lowest BCUT2D eigenvalue weighted by atomic mass is 10.2. The van der Waals surface area contributed by atoms with Gasteiger partial charge < -0.3 is 5.32 Å². The summed E-state index contributed by atoms with van der Waals surface area (Å²) in [5, 5.41) is 13.5. The molecule has 0 aliphatic carbocycles. The number of halogens is 1. The molecule has 1 N–H and O–H groups in total. The summed E-state index contributed by atoms with van der Waals surface area (Å²) >= 11 is 2.89. The highest BCUT2D eigenvalue weighted by Gasteiger charge is 2.22. The van der Waals surface area contributed by atoms with Crippen molar-refractivity contribution in [3.8, 4) is 10.7 Å². The van der Waals surface area contributed by atoms with Crippen LogP contribution in [0.3, 0.4) is 0 Å². The largest absolute Gasteiger partial charge is 0.323 e. The maximum absolute atomic E-state index is 13.9. The first-order valence-corrected chi connectivity index (χ1v) is 11.1. The molecule has 30 heavy (non-hydrogen) atoms. The first-order valence-electron chi connectivity index (χ1n) is 9.35. The number of aromatic nitrogens is 3. The van der Waals surface area contributed by atoms with Gasteiger partial charge >= 0.3 is 0 Å². The number of rotatable bonds is 7. The van der Waals surface area contributed by atoms with Crippen LogP contribution in [0.5, 0.6) is 0 Å². The van der Waals surface area contributed by atoms with Crippen molar-refractivity contribution in [1.82, 2.24) is 14.8 Å². The van der Waals surface area contributed by atoms with Gasteiger partial charge in [-0.25, -0.2) is 4.39 Å². The van der Waals surface area contributed by atoms with E-state index in [9.17, 15) is 9.18 Å². The molecule has 0 radical (unpaired) electrons. The zero-order valence-electron chi connectivity index (χ0n) is 16.2. The summed E-state index contributed by atoms with van der Waals surface area (Å²) < 4.78 is 15.9. The molecule has 4 rings (SSSR count). The minimum atomic E-state index is -0.487. The summed E-state index contributed by atoms with van der Waals surface area (Å²) in [7, 11) is 0. The van der Waals surface area contributed by atoms with Crippen molar-refractivity contribution < 1.29 is 9.18 Å². The number of hydrogen-bond acceptors (Lipinski definition) is 5. The minimum absolute atomic E-state index is 0.167. The fourth-order valence-electron chi connectivity index (χ4n) is 2.88. The molecule has 1 atom stereocenters. The molecule has 0 spiro atoms. The quantitative estimate of drug-likeness (QED) is 0.397. The van der Waals surface area contributed by atoms with Crippen molar-refractivity contribution in [2.75, 3.05) is 5.32 Å². The van der Waals surface area contributed by atoms with Gasteiger partial charge in [0.1, 0.15) is 5.82 Å². The average molecular weight is 439 g/mol. The first-order chi connectivity index (χ1) is 14.6. The van der Waals surface area contributed by atoms with Gasteiger partial charge in [-0.2, -0.15) is 0 Å². The number of thioether (sulfide) groups is 1. The second-order valence-electron chi connectivity index (χ2n) is 6.58. The lowest BCUT2D eigenvalue weighted by Crippen LogP contribution is -2.23. The van der Waals surface area contributed by atoms with Crippen LogP contribution in [0.15, 0.2) is 77.3 Å². The van der Waals surface area contributed by atoms with E-state index in [1.54, 1.807) is 30.4 Å². The molecule has 5 nitrogen and oxygen atoms in total. The highest BCUT2D eigenvalue weighted by Crippen LogP contribution is 2.30. The monoisotopic (exact) mass is 438 g/mol.